The van der Waals surface area contributed by atoms with Crippen molar-refractivity contribution in [1.29, 1.82) is 0 Å². The lowest BCUT2D eigenvalue weighted by atomic mass is 10.4. The van der Waals surface area contributed by atoms with Gasteiger partial charge in [0.2, 0.25) is 0 Å². The molecule has 0 radical (unpaired) electrons. The summed E-state index contributed by atoms with van der Waals surface area (Å²) in [5.41, 5.74) is 6.79. The van der Waals surface area contributed by atoms with E-state index in [-0.39, 0.29) is 0 Å². The normalized spacial score (nSPS) is 10.2. The zero-order chi connectivity index (χ0) is 36.6. The summed E-state index contributed by atoms with van der Waals surface area (Å²) in [6.45, 7) is 0. The van der Waals surface area contributed by atoms with Crippen LogP contribution in [0.3, 0.4) is 0 Å². The Hall–Kier alpha value is -8.14. The zero-order valence-electron chi connectivity index (χ0n) is 28.6. The second kappa shape index (κ2) is 17.7. The van der Waals surface area contributed by atoms with E-state index in [1.165, 1.54) is 6.33 Å². The summed E-state index contributed by atoms with van der Waals surface area (Å²) < 4.78 is 9.30. The average Bonchev–Trinajstić information content (AvgIpc) is 4.09. The number of nitrogens with zero attached hydrogens (tertiary/aromatic N) is 15. The molecule has 0 aromatic carbocycles. The molecule has 12 rings (SSSR count). The molecule has 0 spiro atoms. The van der Waals surface area contributed by atoms with Gasteiger partial charge in [-0.25, -0.2) is 38.9 Å². The topological polar surface area (TPSA) is 167 Å². The van der Waals surface area contributed by atoms with Crippen LogP contribution in [-0.2, 0) is 0 Å². The summed E-state index contributed by atoms with van der Waals surface area (Å²) in [5, 5.41) is 7.96. The smallest absolute Gasteiger partial charge is 0.155 e. The molecule has 0 aliphatic heterocycles. The molecule has 0 saturated heterocycles. The first-order valence-corrected chi connectivity index (χ1v) is 16.5. The molecule has 12 heterocycles. The summed E-state index contributed by atoms with van der Waals surface area (Å²) in [4.78, 5) is 34.8. The molecule has 16 nitrogen and oxygen atoms in total. The zero-order valence-corrected chi connectivity index (χ0v) is 28.6. The van der Waals surface area contributed by atoms with E-state index >= 15 is 0 Å². The lowest BCUT2D eigenvalue weighted by Crippen LogP contribution is -1.82. The first-order valence-electron chi connectivity index (χ1n) is 16.5. The van der Waals surface area contributed by atoms with Crippen LogP contribution in [-0.4, -0.2) is 77.3 Å². The molecule has 12 aromatic rings. The molecule has 16 heteroatoms. The molecule has 0 aliphatic rings. The number of hydrogen-bond acceptors (Lipinski definition) is 10. The highest BCUT2D eigenvalue weighted by molar-refractivity contribution is 5.72. The van der Waals surface area contributed by atoms with E-state index in [1.54, 1.807) is 72.9 Å². The van der Waals surface area contributed by atoms with Crippen LogP contribution >= 0.6 is 0 Å². The van der Waals surface area contributed by atoms with Crippen molar-refractivity contribution in [2.24, 2.45) is 0 Å². The Bertz CT molecular complexity index is 2200. The summed E-state index contributed by atoms with van der Waals surface area (Å²) in [6.07, 6.45) is 33.9. The first-order chi connectivity index (χ1) is 26.8. The lowest BCUT2D eigenvalue weighted by molar-refractivity contribution is 0.961. The van der Waals surface area contributed by atoms with Crippen molar-refractivity contribution in [2.75, 3.05) is 0 Å². The second-order valence-corrected chi connectivity index (χ2v) is 10.9. The highest BCUT2D eigenvalue weighted by Gasteiger charge is 1.91. The van der Waals surface area contributed by atoms with Gasteiger partial charge in [0.15, 0.2) is 11.3 Å². The summed E-state index contributed by atoms with van der Waals surface area (Å²) in [5.74, 6) is 0. The summed E-state index contributed by atoms with van der Waals surface area (Å²) in [6, 6.07) is 23.4. The second-order valence-electron chi connectivity index (χ2n) is 10.9. The molecule has 0 amide bonds. The lowest BCUT2D eigenvalue weighted by Gasteiger charge is -1.86. The molecule has 264 valence electrons. The highest BCUT2D eigenvalue weighted by atomic mass is 15.3. The van der Waals surface area contributed by atoms with Crippen molar-refractivity contribution in [1.82, 2.24) is 77.3 Å². The first kappa shape index (κ1) is 34.3. The Morgan fingerprint density at radius 2 is 1.11 bits per heavy atom. The molecule has 0 saturated carbocycles. The molecule has 0 atom stereocenters. The van der Waals surface area contributed by atoms with Crippen molar-refractivity contribution < 1.29 is 0 Å². The quantitative estimate of drug-likeness (QED) is 0.203. The number of pyridine rings is 4. The van der Waals surface area contributed by atoms with E-state index in [0.29, 0.717) is 0 Å². The number of aromatic nitrogens is 16. The van der Waals surface area contributed by atoms with Gasteiger partial charge in [-0.2, -0.15) is 10.2 Å². The monoisotopic (exact) mass is 712 g/mol. The van der Waals surface area contributed by atoms with Crippen LogP contribution in [0.5, 0.6) is 0 Å². The molecule has 0 aliphatic carbocycles. The van der Waals surface area contributed by atoms with Crippen molar-refractivity contribution in [3.05, 3.63) is 191 Å². The molecule has 1 N–H and O–H groups in total. The minimum Gasteiger partial charge on any atom is -0.343 e. The van der Waals surface area contributed by atoms with Crippen molar-refractivity contribution >= 4 is 39.1 Å². The van der Waals surface area contributed by atoms with Crippen molar-refractivity contribution in [3.63, 3.8) is 0 Å². The van der Waals surface area contributed by atoms with Crippen LogP contribution in [0.1, 0.15) is 0 Å². The Morgan fingerprint density at radius 1 is 0.426 bits per heavy atom. The number of hydrogen-bond donors (Lipinski definition) is 1. The number of H-pyrrole nitrogens is 1. The van der Waals surface area contributed by atoms with Gasteiger partial charge in [-0.1, -0.05) is 18.2 Å². The minimum atomic E-state index is 0.887. The maximum absolute atomic E-state index is 4.08. The fraction of sp³-hybridized carbons (Fsp3) is 0. The van der Waals surface area contributed by atoms with Crippen LogP contribution < -0.4 is 0 Å². The van der Waals surface area contributed by atoms with Crippen LogP contribution in [0, 0.1) is 0 Å². The van der Waals surface area contributed by atoms with Gasteiger partial charge in [0, 0.05) is 86.8 Å². The SMILES string of the molecule is c1cc2nc[nH]c2cn1.c1cc2nccn2cn1.c1ccn2ccnc2c1.c1ccn2nccc2c1.c1ccn2ncnc2c1.c1cn2ccnc2cn1. The largest absolute Gasteiger partial charge is 0.343 e. The van der Waals surface area contributed by atoms with E-state index in [4.69, 9.17) is 0 Å². The van der Waals surface area contributed by atoms with Gasteiger partial charge < -0.3 is 13.8 Å². The third-order valence-corrected chi connectivity index (χ3v) is 7.42. The summed E-state index contributed by atoms with van der Waals surface area (Å²) in [7, 11) is 0. The molecule has 12 aromatic heterocycles. The van der Waals surface area contributed by atoms with E-state index < -0.39 is 0 Å². The predicted molar refractivity (Wildman–Crippen MR) is 203 cm³/mol. The third-order valence-electron chi connectivity index (χ3n) is 7.42. The number of rotatable bonds is 0. The highest BCUT2D eigenvalue weighted by Crippen LogP contribution is 2.03. The molecular weight excluding hydrogens is 681 g/mol. The van der Waals surface area contributed by atoms with Gasteiger partial charge in [0.1, 0.15) is 23.9 Å². The molecule has 0 fully saturated rings. The Balaban J connectivity index is 0.0000001000. The predicted octanol–water partition coefficient (Wildman–Crippen LogP) is 5.81. The fourth-order valence-corrected chi connectivity index (χ4v) is 4.82. The van der Waals surface area contributed by atoms with Crippen LogP contribution in [0.2, 0.25) is 0 Å². The van der Waals surface area contributed by atoms with Gasteiger partial charge in [0.25, 0.3) is 0 Å². The third kappa shape index (κ3) is 9.15. The van der Waals surface area contributed by atoms with Gasteiger partial charge in [0.05, 0.1) is 35.3 Å². The van der Waals surface area contributed by atoms with Gasteiger partial charge >= 0.3 is 0 Å². The maximum atomic E-state index is 4.08. The van der Waals surface area contributed by atoms with E-state index in [1.807, 2.05) is 134 Å². The van der Waals surface area contributed by atoms with E-state index in [2.05, 4.69) is 55.1 Å². The fourth-order valence-electron chi connectivity index (χ4n) is 4.82. The molecule has 54 heavy (non-hydrogen) atoms. The molecule has 0 unspecified atom stereocenters. The standard InChI is InChI=1S/2C7H6N2.4C6H5N3/c1-2-6-9-7(3-1)4-5-8-9;1-2-5-9-6-4-8-7(9)3-1;1-3-9-4-2-8-6(9)5-7-1;1-2-7-3-6-5(1)8-4-9-6;1-2-7-5-9-4-3-8-6(1)9;1-2-4-9-6(3-1)7-5-8-9/h2*1-6H;1-5H;1-4H,(H,8,9);2*1-5H. The Morgan fingerprint density at radius 3 is 1.89 bits per heavy atom. The number of nitrogens with one attached hydrogen (secondary N) is 1. The number of fused-ring (bicyclic) bond motifs is 6. The number of imidazole rings is 4. The van der Waals surface area contributed by atoms with E-state index in [0.717, 1.165) is 39.1 Å². The average molecular weight is 713 g/mol. The van der Waals surface area contributed by atoms with Crippen molar-refractivity contribution in [2.45, 2.75) is 0 Å². The van der Waals surface area contributed by atoms with Crippen molar-refractivity contribution in [3.8, 4) is 0 Å². The van der Waals surface area contributed by atoms with Crippen LogP contribution in [0.15, 0.2) is 191 Å². The van der Waals surface area contributed by atoms with Crippen LogP contribution in [0.25, 0.3) is 39.1 Å². The maximum Gasteiger partial charge on any atom is 0.155 e. The molecular formula is C38H32N16. The molecule has 0 bridgehead atoms. The number of aromatic amines is 1. The van der Waals surface area contributed by atoms with Gasteiger partial charge in [-0.3, -0.25) is 14.4 Å². The minimum absolute atomic E-state index is 0.887. The van der Waals surface area contributed by atoms with E-state index in [9.17, 15) is 0 Å². The van der Waals surface area contributed by atoms with Gasteiger partial charge in [-0.15, -0.1) is 0 Å². The Labute approximate surface area is 306 Å². The van der Waals surface area contributed by atoms with Gasteiger partial charge in [-0.05, 0) is 54.6 Å². The van der Waals surface area contributed by atoms with Crippen LogP contribution in [0.4, 0.5) is 0 Å². The summed E-state index contributed by atoms with van der Waals surface area (Å²) >= 11 is 0. The Kier molecular flexibility index (Phi) is 11.2.